The molecule has 0 spiro atoms. The number of benzene rings is 1. The maximum atomic E-state index is 11.7. The van der Waals surface area contributed by atoms with Crippen molar-refractivity contribution in [2.45, 2.75) is 59.3 Å². The van der Waals surface area contributed by atoms with Crippen molar-refractivity contribution in [3.63, 3.8) is 0 Å². The molecular weight excluding hydrogens is 418 g/mol. The summed E-state index contributed by atoms with van der Waals surface area (Å²) in [5.74, 6) is -0.142. The van der Waals surface area contributed by atoms with Gasteiger partial charge in [-0.3, -0.25) is 4.55 Å². The molecule has 1 aliphatic heterocycles. The van der Waals surface area contributed by atoms with Gasteiger partial charge in [0.1, 0.15) is 5.75 Å². The van der Waals surface area contributed by atoms with Crippen molar-refractivity contribution in [2.24, 2.45) is 5.92 Å². The number of hydrogen-bond acceptors (Lipinski definition) is 3. The van der Waals surface area contributed by atoms with E-state index in [0.29, 0.717) is 12.0 Å². The van der Waals surface area contributed by atoms with Gasteiger partial charge in [0.15, 0.2) is 0 Å². The van der Waals surface area contributed by atoms with Crippen molar-refractivity contribution < 1.29 is 13.0 Å². The second-order valence-electron chi connectivity index (χ2n) is 10.1. The Bertz CT molecular complexity index is 1160. The van der Waals surface area contributed by atoms with Crippen molar-refractivity contribution in [1.82, 2.24) is 0 Å². The second-order valence-corrected chi connectivity index (χ2v) is 11.6. The van der Waals surface area contributed by atoms with Gasteiger partial charge < -0.3 is 4.90 Å². The smallest absolute Gasteiger partial charge is 0.269 e. The Balaban J connectivity index is 1.81. The molecule has 0 fully saturated rings. The van der Waals surface area contributed by atoms with Crippen molar-refractivity contribution in [3.8, 4) is 0 Å². The summed E-state index contributed by atoms with van der Waals surface area (Å²) in [7, 11) is -4.09. The lowest BCUT2D eigenvalue weighted by Gasteiger charge is -2.39. The number of rotatable bonds is 5. The summed E-state index contributed by atoms with van der Waals surface area (Å²) in [5.41, 5.74) is 9.42. The van der Waals surface area contributed by atoms with Gasteiger partial charge in [-0.1, -0.05) is 45.9 Å². The fraction of sp³-hybridized carbons (Fsp3) is 0.481. The topological polar surface area (TPSA) is 57.6 Å². The van der Waals surface area contributed by atoms with E-state index < -0.39 is 10.1 Å². The SMILES string of the molecule is CCN1CCCc2cc3c(cc21)C(C)(C)C1=CCC(/C(=C\C(C)C)CS(=O)(=O)O)=CC1=C3. The van der Waals surface area contributed by atoms with Gasteiger partial charge in [-0.2, -0.15) is 8.42 Å². The minimum absolute atomic E-state index is 0.127. The number of nitrogens with zero attached hydrogens (tertiary/aromatic N) is 1. The molecule has 32 heavy (non-hydrogen) atoms. The number of fused-ring (bicyclic) bond motifs is 3. The van der Waals surface area contributed by atoms with Crippen LogP contribution in [0.5, 0.6) is 0 Å². The van der Waals surface area contributed by atoms with Crippen LogP contribution in [0.25, 0.3) is 6.08 Å². The van der Waals surface area contributed by atoms with Gasteiger partial charge in [-0.25, -0.2) is 0 Å². The highest BCUT2D eigenvalue weighted by Crippen LogP contribution is 2.48. The molecule has 1 aromatic rings. The van der Waals surface area contributed by atoms with Gasteiger partial charge in [-0.15, -0.1) is 0 Å². The molecule has 0 unspecified atom stereocenters. The van der Waals surface area contributed by atoms with E-state index in [0.717, 1.165) is 30.7 Å². The first-order valence-corrected chi connectivity index (χ1v) is 13.3. The molecule has 3 aliphatic rings. The van der Waals surface area contributed by atoms with Crippen molar-refractivity contribution >= 4 is 21.9 Å². The number of aryl methyl sites for hydroxylation is 1. The molecule has 0 saturated heterocycles. The summed E-state index contributed by atoms with van der Waals surface area (Å²) >= 11 is 0. The summed E-state index contributed by atoms with van der Waals surface area (Å²) < 4.78 is 32.8. The lowest BCUT2D eigenvalue weighted by atomic mass is 9.66. The fourth-order valence-electron chi connectivity index (χ4n) is 5.49. The van der Waals surface area contributed by atoms with E-state index in [1.54, 1.807) is 0 Å². The summed E-state index contributed by atoms with van der Waals surface area (Å²) in [5, 5.41) is 0. The van der Waals surface area contributed by atoms with E-state index >= 15 is 0 Å². The Kier molecular flexibility index (Phi) is 6.01. The van der Waals surface area contributed by atoms with Crippen molar-refractivity contribution in [2.75, 3.05) is 23.7 Å². The van der Waals surface area contributed by atoms with Crippen LogP contribution in [-0.2, 0) is 22.0 Å². The average Bonchev–Trinajstić information content (AvgIpc) is 2.70. The molecular formula is C27H35NO3S. The first kappa shape index (κ1) is 23.1. The zero-order valence-electron chi connectivity index (χ0n) is 19.9. The fourth-order valence-corrected chi connectivity index (χ4v) is 6.16. The van der Waals surface area contributed by atoms with Crippen LogP contribution in [0.1, 0.15) is 64.2 Å². The highest BCUT2D eigenvalue weighted by molar-refractivity contribution is 7.86. The van der Waals surface area contributed by atoms with Crippen LogP contribution >= 0.6 is 0 Å². The quantitative estimate of drug-likeness (QED) is 0.567. The Morgan fingerprint density at radius 3 is 2.66 bits per heavy atom. The monoisotopic (exact) mass is 453 g/mol. The van der Waals surface area contributed by atoms with Crippen LogP contribution in [0.4, 0.5) is 5.69 Å². The third-order valence-electron chi connectivity index (χ3n) is 6.96. The minimum Gasteiger partial charge on any atom is -0.372 e. The standard InChI is InChI=1S/C27H35NO3S/c1-6-28-11-7-8-20-14-22-15-21-13-19(23(12-18(2)3)17-32(29,30)31)9-10-24(21)27(4,5)25(22)16-26(20)28/h10,12-16,18H,6-9,11,17H2,1-5H3,(H,29,30,31)/b23-12-. The largest absolute Gasteiger partial charge is 0.372 e. The molecule has 0 atom stereocenters. The summed E-state index contributed by atoms with van der Waals surface area (Å²) in [4.78, 5) is 2.49. The van der Waals surface area contributed by atoms with Crippen LogP contribution in [0.3, 0.4) is 0 Å². The maximum Gasteiger partial charge on any atom is 0.269 e. The molecule has 0 radical (unpaired) electrons. The first-order valence-electron chi connectivity index (χ1n) is 11.7. The zero-order chi connectivity index (χ0) is 23.3. The molecule has 1 aromatic carbocycles. The summed E-state index contributed by atoms with van der Waals surface area (Å²) in [6.07, 6.45) is 11.6. The Labute approximate surface area is 193 Å². The zero-order valence-corrected chi connectivity index (χ0v) is 20.7. The minimum atomic E-state index is -4.09. The van der Waals surface area contributed by atoms with Crippen molar-refractivity contribution in [1.29, 1.82) is 0 Å². The molecule has 1 N–H and O–H groups in total. The van der Waals surface area contributed by atoms with E-state index in [1.807, 2.05) is 19.9 Å². The van der Waals surface area contributed by atoms with E-state index in [4.69, 9.17) is 0 Å². The summed E-state index contributed by atoms with van der Waals surface area (Å²) in [6.45, 7) is 13.0. The van der Waals surface area contributed by atoms with E-state index in [9.17, 15) is 13.0 Å². The predicted molar refractivity (Wildman–Crippen MR) is 134 cm³/mol. The molecule has 0 saturated carbocycles. The second kappa shape index (κ2) is 8.35. The number of hydrogen-bond donors (Lipinski definition) is 1. The molecule has 4 nitrogen and oxygen atoms in total. The molecule has 5 heteroatoms. The predicted octanol–water partition coefficient (Wildman–Crippen LogP) is 5.86. The van der Waals surface area contributed by atoms with Crippen LogP contribution in [0.15, 0.2) is 52.7 Å². The van der Waals surface area contributed by atoms with Gasteiger partial charge in [0.05, 0.1) is 0 Å². The highest BCUT2D eigenvalue weighted by atomic mass is 32.2. The average molecular weight is 454 g/mol. The molecule has 2 aliphatic carbocycles. The van der Waals surface area contributed by atoms with Gasteiger partial charge in [0.25, 0.3) is 10.1 Å². The summed E-state index contributed by atoms with van der Waals surface area (Å²) in [6, 6.07) is 4.77. The normalized spacial score (nSPS) is 20.2. The number of allylic oxidation sites excluding steroid dienone is 6. The van der Waals surface area contributed by atoms with E-state index in [1.165, 1.54) is 34.4 Å². The van der Waals surface area contributed by atoms with Gasteiger partial charge in [0.2, 0.25) is 0 Å². The van der Waals surface area contributed by atoms with Gasteiger partial charge in [-0.05, 0) is 89.3 Å². The van der Waals surface area contributed by atoms with E-state index in [-0.39, 0.29) is 17.1 Å². The van der Waals surface area contributed by atoms with Crippen LogP contribution in [0, 0.1) is 5.92 Å². The van der Waals surface area contributed by atoms with E-state index in [2.05, 4.69) is 56.0 Å². The maximum absolute atomic E-state index is 11.7. The van der Waals surface area contributed by atoms with Gasteiger partial charge >= 0.3 is 0 Å². The molecule has 0 amide bonds. The first-order chi connectivity index (χ1) is 15.0. The molecule has 0 bridgehead atoms. The Morgan fingerprint density at radius 2 is 2.00 bits per heavy atom. The highest BCUT2D eigenvalue weighted by Gasteiger charge is 2.35. The third-order valence-corrected chi connectivity index (χ3v) is 7.63. The Hall–Kier alpha value is -2.11. The van der Waals surface area contributed by atoms with Crippen LogP contribution in [0.2, 0.25) is 0 Å². The molecule has 1 heterocycles. The molecule has 0 aromatic heterocycles. The molecule has 4 rings (SSSR count). The lowest BCUT2D eigenvalue weighted by molar-refractivity contribution is 0.485. The molecule has 172 valence electrons. The number of anilines is 1. The van der Waals surface area contributed by atoms with Crippen LogP contribution < -0.4 is 4.90 Å². The third kappa shape index (κ3) is 4.38. The van der Waals surface area contributed by atoms with Crippen LogP contribution in [-0.4, -0.2) is 31.8 Å². The van der Waals surface area contributed by atoms with Crippen molar-refractivity contribution in [3.05, 3.63) is 69.3 Å². The van der Waals surface area contributed by atoms with Gasteiger partial charge in [0, 0.05) is 24.2 Å². The lowest BCUT2D eigenvalue weighted by Crippen LogP contribution is -2.32. The Morgan fingerprint density at radius 1 is 1.25 bits per heavy atom.